The number of para-hydroxylation sites is 1. The molecule has 2 aromatic heterocycles. The van der Waals surface area contributed by atoms with Gasteiger partial charge in [0.1, 0.15) is 11.3 Å². The number of methoxy groups -OCH3 is 1. The average Bonchev–Trinajstić information content (AvgIpc) is 3.28. The van der Waals surface area contributed by atoms with Gasteiger partial charge in [-0.3, -0.25) is 4.79 Å². The van der Waals surface area contributed by atoms with Gasteiger partial charge in [0.15, 0.2) is 5.76 Å². The molecule has 6 nitrogen and oxygen atoms in total. The zero-order valence-corrected chi connectivity index (χ0v) is 18.3. The SMILES string of the molecule is COc1cccc2oc(-c3nc4ccccc4c(=O)n3N=Cc3ccc(SC)cc3)cc12. The Morgan fingerprint density at radius 1 is 1.03 bits per heavy atom. The lowest BCUT2D eigenvalue weighted by Gasteiger charge is -2.07. The number of fused-ring (bicyclic) bond motifs is 2. The van der Waals surface area contributed by atoms with Crippen molar-refractivity contribution in [3.63, 3.8) is 0 Å². The summed E-state index contributed by atoms with van der Waals surface area (Å²) in [5.41, 5.74) is 1.83. The Morgan fingerprint density at radius 3 is 2.62 bits per heavy atom. The normalized spacial score (nSPS) is 11.6. The van der Waals surface area contributed by atoms with Crippen LogP contribution in [0.3, 0.4) is 0 Å². The summed E-state index contributed by atoms with van der Waals surface area (Å²) in [6.07, 6.45) is 3.67. The third-order valence-corrected chi connectivity index (χ3v) is 5.90. The van der Waals surface area contributed by atoms with Crippen molar-refractivity contribution in [2.24, 2.45) is 5.10 Å². The first kappa shape index (κ1) is 20.1. The fraction of sp³-hybridized carbons (Fsp3) is 0.0800. The zero-order chi connectivity index (χ0) is 22.1. The number of aromatic nitrogens is 2. The van der Waals surface area contributed by atoms with E-state index in [-0.39, 0.29) is 5.56 Å². The van der Waals surface area contributed by atoms with E-state index in [9.17, 15) is 4.79 Å². The molecule has 0 saturated carbocycles. The third kappa shape index (κ3) is 3.56. The van der Waals surface area contributed by atoms with Crippen molar-refractivity contribution >= 4 is 39.8 Å². The van der Waals surface area contributed by atoms with Crippen LogP contribution in [-0.4, -0.2) is 29.2 Å². The minimum absolute atomic E-state index is 0.269. The molecular weight excluding hydrogens is 422 g/mol. The maximum atomic E-state index is 13.3. The lowest BCUT2D eigenvalue weighted by molar-refractivity contribution is 0.419. The number of rotatable bonds is 5. The summed E-state index contributed by atoms with van der Waals surface area (Å²) >= 11 is 1.67. The van der Waals surface area contributed by atoms with Crippen LogP contribution in [0, 0.1) is 0 Å². The molecule has 0 bridgehead atoms. The maximum absolute atomic E-state index is 13.3. The van der Waals surface area contributed by atoms with Gasteiger partial charge in [-0.25, -0.2) is 4.98 Å². The van der Waals surface area contributed by atoms with Crippen LogP contribution in [0.25, 0.3) is 33.5 Å². The molecule has 5 aromatic rings. The fourth-order valence-corrected chi connectivity index (χ4v) is 3.94. The zero-order valence-electron chi connectivity index (χ0n) is 17.5. The Bertz CT molecular complexity index is 1520. The van der Waals surface area contributed by atoms with Gasteiger partial charge in [-0.2, -0.15) is 9.78 Å². The van der Waals surface area contributed by atoms with Crippen LogP contribution in [-0.2, 0) is 0 Å². The summed E-state index contributed by atoms with van der Waals surface area (Å²) in [5, 5.41) is 5.78. The van der Waals surface area contributed by atoms with E-state index in [1.165, 1.54) is 4.68 Å². The molecule has 158 valence electrons. The van der Waals surface area contributed by atoms with Crippen LogP contribution in [0.4, 0.5) is 0 Å². The highest BCUT2D eigenvalue weighted by molar-refractivity contribution is 7.98. The average molecular weight is 442 g/mol. The summed E-state index contributed by atoms with van der Waals surface area (Å²) in [7, 11) is 1.61. The first-order valence-electron chi connectivity index (χ1n) is 9.95. The van der Waals surface area contributed by atoms with Crippen LogP contribution < -0.4 is 10.3 Å². The van der Waals surface area contributed by atoms with Gasteiger partial charge in [0.2, 0.25) is 5.82 Å². The Kier molecular flexibility index (Phi) is 5.25. The van der Waals surface area contributed by atoms with Gasteiger partial charge in [-0.05, 0) is 54.3 Å². The summed E-state index contributed by atoms with van der Waals surface area (Å²) in [4.78, 5) is 19.2. The van der Waals surface area contributed by atoms with E-state index >= 15 is 0 Å². The van der Waals surface area contributed by atoms with E-state index in [0.717, 1.165) is 15.8 Å². The molecule has 0 fully saturated rings. The Labute approximate surface area is 188 Å². The molecule has 0 spiro atoms. The van der Waals surface area contributed by atoms with E-state index in [4.69, 9.17) is 14.1 Å². The molecule has 0 aliphatic rings. The Balaban J connectivity index is 1.71. The van der Waals surface area contributed by atoms with Gasteiger partial charge in [-0.1, -0.05) is 30.3 Å². The molecule has 0 aliphatic carbocycles. The molecule has 0 amide bonds. The molecule has 7 heteroatoms. The van der Waals surface area contributed by atoms with Crippen LogP contribution in [0.2, 0.25) is 0 Å². The second-order valence-corrected chi connectivity index (χ2v) is 7.95. The number of benzene rings is 3. The second kappa shape index (κ2) is 8.36. The standard InChI is InChI=1S/C25H19N3O3S/c1-30-21-8-5-9-22-19(21)14-23(31-22)24-27-20-7-4-3-6-18(20)25(29)28(24)26-15-16-10-12-17(32-2)13-11-16/h3-15H,1-2H3. The monoisotopic (exact) mass is 441 g/mol. The van der Waals surface area contributed by atoms with Crippen molar-refractivity contribution in [2.45, 2.75) is 4.90 Å². The molecule has 0 radical (unpaired) electrons. The van der Waals surface area contributed by atoms with Crippen molar-refractivity contribution in [3.05, 3.63) is 88.7 Å². The summed E-state index contributed by atoms with van der Waals surface area (Å²) in [6.45, 7) is 0. The van der Waals surface area contributed by atoms with E-state index in [1.807, 2.05) is 66.9 Å². The summed E-state index contributed by atoms with van der Waals surface area (Å²) < 4.78 is 12.8. The predicted molar refractivity (Wildman–Crippen MR) is 129 cm³/mol. The molecule has 3 aromatic carbocycles. The highest BCUT2D eigenvalue weighted by Crippen LogP contribution is 2.32. The number of furan rings is 1. The van der Waals surface area contributed by atoms with E-state index in [2.05, 4.69) is 5.10 Å². The maximum Gasteiger partial charge on any atom is 0.282 e. The summed E-state index contributed by atoms with van der Waals surface area (Å²) in [5.74, 6) is 1.44. The number of nitrogens with zero attached hydrogens (tertiary/aromatic N) is 3. The van der Waals surface area contributed by atoms with Gasteiger partial charge < -0.3 is 9.15 Å². The largest absolute Gasteiger partial charge is 0.496 e. The van der Waals surface area contributed by atoms with Crippen molar-refractivity contribution < 1.29 is 9.15 Å². The van der Waals surface area contributed by atoms with Crippen LogP contribution in [0.5, 0.6) is 5.75 Å². The number of hydrogen-bond acceptors (Lipinski definition) is 6. The van der Waals surface area contributed by atoms with Gasteiger partial charge in [0, 0.05) is 4.90 Å². The molecular formula is C25H19N3O3S. The van der Waals surface area contributed by atoms with Crippen molar-refractivity contribution in [2.75, 3.05) is 13.4 Å². The Morgan fingerprint density at radius 2 is 1.84 bits per heavy atom. The molecule has 0 atom stereocenters. The highest BCUT2D eigenvalue weighted by atomic mass is 32.2. The molecule has 0 unspecified atom stereocenters. The van der Waals surface area contributed by atoms with Gasteiger partial charge >= 0.3 is 0 Å². The van der Waals surface area contributed by atoms with Crippen LogP contribution in [0.15, 0.2) is 92.0 Å². The number of ether oxygens (including phenoxy) is 1. The molecule has 32 heavy (non-hydrogen) atoms. The lowest BCUT2D eigenvalue weighted by atomic mass is 10.2. The van der Waals surface area contributed by atoms with E-state index in [0.29, 0.717) is 33.8 Å². The second-order valence-electron chi connectivity index (χ2n) is 7.07. The van der Waals surface area contributed by atoms with E-state index in [1.54, 1.807) is 37.2 Å². The van der Waals surface area contributed by atoms with Crippen LogP contribution >= 0.6 is 11.8 Å². The smallest absolute Gasteiger partial charge is 0.282 e. The first-order chi connectivity index (χ1) is 15.7. The topological polar surface area (TPSA) is 69.6 Å². The third-order valence-electron chi connectivity index (χ3n) is 5.15. The summed E-state index contributed by atoms with van der Waals surface area (Å²) in [6, 6.07) is 22.5. The molecule has 0 N–H and O–H groups in total. The van der Waals surface area contributed by atoms with Crippen LogP contribution in [0.1, 0.15) is 5.56 Å². The molecule has 0 saturated heterocycles. The number of hydrogen-bond donors (Lipinski definition) is 0. The first-order valence-corrected chi connectivity index (χ1v) is 11.2. The van der Waals surface area contributed by atoms with Crippen molar-refractivity contribution in [1.29, 1.82) is 0 Å². The lowest BCUT2D eigenvalue weighted by Crippen LogP contribution is -2.20. The number of thioether (sulfide) groups is 1. The van der Waals surface area contributed by atoms with E-state index < -0.39 is 0 Å². The van der Waals surface area contributed by atoms with Gasteiger partial charge in [0.05, 0.1) is 29.6 Å². The predicted octanol–water partition coefficient (Wildman–Crippen LogP) is 5.42. The van der Waals surface area contributed by atoms with Crippen molar-refractivity contribution in [1.82, 2.24) is 9.66 Å². The molecule has 0 aliphatic heterocycles. The minimum atomic E-state index is -0.269. The van der Waals surface area contributed by atoms with Gasteiger partial charge in [-0.15, -0.1) is 11.8 Å². The fourth-order valence-electron chi connectivity index (χ4n) is 3.53. The Hall–Kier alpha value is -3.84. The molecule has 2 heterocycles. The quantitative estimate of drug-likeness (QED) is 0.269. The van der Waals surface area contributed by atoms with Crippen molar-refractivity contribution in [3.8, 4) is 17.3 Å². The van der Waals surface area contributed by atoms with Gasteiger partial charge in [0.25, 0.3) is 5.56 Å². The minimum Gasteiger partial charge on any atom is -0.496 e. The highest BCUT2D eigenvalue weighted by Gasteiger charge is 2.17. The molecule has 5 rings (SSSR count).